The van der Waals surface area contributed by atoms with E-state index in [0.717, 1.165) is 18.7 Å². The summed E-state index contributed by atoms with van der Waals surface area (Å²) in [6.45, 7) is 5.68. The van der Waals surface area contributed by atoms with Gasteiger partial charge in [0, 0.05) is 5.92 Å². The van der Waals surface area contributed by atoms with Crippen LogP contribution in [0.25, 0.3) is 0 Å². The zero-order valence-electron chi connectivity index (χ0n) is 13.1. The van der Waals surface area contributed by atoms with Crippen molar-refractivity contribution in [2.75, 3.05) is 0 Å². The highest BCUT2D eigenvalue weighted by Gasteiger charge is 2.25. The highest BCUT2D eigenvalue weighted by atomic mass is 16.5. The minimum atomic E-state index is -0.520. The number of carbonyl (C=O) groups is 1. The normalized spacial score (nSPS) is 19.5. The van der Waals surface area contributed by atoms with Crippen LogP contribution in [0.4, 0.5) is 0 Å². The van der Waals surface area contributed by atoms with E-state index in [-0.39, 0.29) is 17.9 Å². The predicted molar refractivity (Wildman–Crippen MR) is 79.5 cm³/mol. The second kappa shape index (κ2) is 7.02. The van der Waals surface area contributed by atoms with Crippen LogP contribution in [-0.4, -0.2) is 22.1 Å². The SMILES string of the molecule is CC(NC(=O)[C@@H](N)C(C)C)c1nc(C2CCCCC2)no1. The van der Waals surface area contributed by atoms with Gasteiger partial charge in [0.05, 0.1) is 6.04 Å². The van der Waals surface area contributed by atoms with Crippen LogP contribution < -0.4 is 11.1 Å². The first-order valence-corrected chi connectivity index (χ1v) is 7.88. The molecule has 1 unspecified atom stereocenters. The Morgan fingerprint density at radius 2 is 1.95 bits per heavy atom. The Morgan fingerprint density at radius 1 is 1.29 bits per heavy atom. The summed E-state index contributed by atoms with van der Waals surface area (Å²) in [5.74, 6) is 1.54. The Bertz CT molecular complexity index is 466. The van der Waals surface area contributed by atoms with Gasteiger partial charge in [-0.1, -0.05) is 38.3 Å². The van der Waals surface area contributed by atoms with Crippen molar-refractivity contribution >= 4 is 5.91 Å². The van der Waals surface area contributed by atoms with Crippen molar-refractivity contribution in [3.05, 3.63) is 11.7 Å². The number of amides is 1. The molecule has 3 N–H and O–H groups in total. The molecule has 1 heterocycles. The third kappa shape index (κ3) is 4.03. The van der Waals surface area contributed by atoms with Crippen molar-refractivity contribution in [3.8, 4) is 0 Å². The third-order valence-electron chi connectivity index (χ3n) is 4.18. The quantitative estimate of drug-likeness (QED) is 0.868. The van der Waals surface area contributed by atoms with Gasteiger partial charge in [-0.05, 0) is 25.7 Å². The first kappa shape index (κ1) is 15.9. The minimum Gasteiger partial charge on any atom is -0.343 e. The fraction of sp³-hybridized carbons (Fsp3) is 0.800. The Hall–Kier alpha value is -1.43. The third-order valence-corrected chi connectivity index (χ3v) is 4.18. The van der Waals surface area contributed by atoms with E-state index in [4.69, 9.17) is 10.3 Å². The number of rotatable bonds is 5. The fourth-order valence-corrected chi connectivity index (χ4v) is 2.62. The molecule has 2 atom stereocenters. The molecule has 6 heteroatoms. The van der Waals surface area contributed by atoms with Crippen LogP contribution in [0.1, 0.15) is 76.6 Å². The van der Waals surface area contributed by atoms with Crippen LogP contribution in [0, 0.1) is 5.92 Å². The minimum absolute atomic E-state index is 0.0951. The second-order valence-corrected chi connectivity index (χ2v) is 6.33. The summed E-state index contributed by atoms with van der Waals surface area (Å²) in [5.41, 5.74) is 5.83. The van der Waals surface area contributed by atoms with Gasteiger partial charge in [-0.2, -0.15) is 4.98 Å². The first-order valence-electron chi connectivity index (χ1n) is 7.88. The van der Waals surface area contributed by atoms with E-state index in [9.17, 15) is 4.79 Å². The highest BCUT2D eigenvalue weighted by molar-refractivity contribution is 5.81. The van der Waals surface area contributed by atoms with Gasteiger partial charge in [-0.25, -0.2) is 0 Å². The smallest absolute Gasteiger partial charge is 0.248 e. The highest BCUT2D eigenvalue weighted by Crippen LogP contribution is 2.31. The van der Waals surface area contributed by atoms with Gasteiger partial charge < -0.3 is 15.6 Å². The molecule has 1 aromatic heterocycles. The van der Waals surface area contributed by atoms with Crippen LogP contribution in [0.5, 0.6) is 0 Å². The molecule has 2 rings (SSSR count). The molecule has 6 nitrogen and oxygen atoms in total. The van der Waals surface area contributed by atoms with Gasteiger partial charge in [0.1, 0.15) is 6.04 Å². The Labute approximate surface area is 125 Å². The maximum absolute atomic E-state index is 12.0. The topological polar surface area (TPSA) is 94.0 Å². The molecule has 1 aromatic rings. The summed E-state index contributed by atoms with van der Waals surface area (Å²) in [7, 11) is 0. The number of nitrogens with zero attached hydrogens (tertiary/aromatic N) is 2. The number of aromatic nitrogens is 2. The molecule has 1 fully saturated rings. The zero-order valence-corrected chi connectivity index (χ0v) is 13.1. The summed E-state index contributed by atoms with van der Waals surface area (Å²) in [6, 6.07) is -0.833. The molecule has 1 aliphatic rings. The zero-order chi connectivity index (χ0) is 15.4. The van der Waals surface area contributed by atoms with Crippen molar-refractivity contribution in [1.82, 2.24) is 15.5 Å². The van der Waals surface area contributed by atoms with Gasteiger partial charge in [-0.15, -0.1) is 0 Å². The van der Waals surface area contributed by atoms with Gasteiger partial charge >= 0.3 is 0 Å². The van der Waals surface area contributed by atoms with Crippen molar-refractivity contribution in [3.63, 3.8) is 0 Å². The average Bonchev–Trinajstić information content (AvgIpc) is 2.97. The molecule has 0 aliphatic heterocycles. The number of nitrogens with one attached hydrogen (secondary N) is 1. The van der Waals surface area contributed by atoms with Crippen molar-refractivity contribution in [1.29, 1.82) is 0 Å². The predicted octanol–water partition coefficient (Wildman–Crippen LogP) is 2.28. The van der Waals surface area contributed by atoms with E-state index >= 15 is 0 Å². The van der Waals surface area contributed by atoms with Crippen LogP contribution in [0.15, 0.2) is 4.52 Å². The van der Waals surface area contributed by atoms with E-state index in [1.807, 2.05) is 20.8 Å². The molecule has 0 spiro atoms. The molecule has 21 heavy (non-hydrogen) atoms. The molecule has 1 amide bonds. The number of hydrogen-bond acceptors (Lipinski definition) is 5. The fourth-order valence-electron chi connectivity index (χ4n) is 2.62. The largest absolute Gasteiger partial charge is 0.343 e. The van der Waals surface area contributed by atoms with E-state index in [1.54, 1.807) is 0 Å². The van der Waals surface area contributed by atoms with Crippen molar-refractivity contribution < 1.29 is 9.32 Å². The summed E-state index contributed by atoms with van der Waals surface area (Å²) >= 11 is 0. The Balaban J connectivity index is 1.95. The number of hydrogen-bond donors (Lipinski definition) is 2. The lowest BCUT2D eigenvalue weighted by Gasteiger charge is -2.18. The maximum Gasteiger partial charge on any atom is 0.248 e. The Morgan fingerprint density at radius 3 is 2.57 bits per heavy atom. The standard InChI is InChI=1S/C15H26N4O2/c1-9(2)12(16)14(20)17-10(3)15-18-13(19-21-15)11-7-5-4-6-8-11/h9-12H,4-8,16H2,1-3H3,(H,17,20)/t10?,12-/m0/s1. The first-order chi connectivity index (χ1) is 9.99. The van der Waals surface area contributed by atoms with Crippen LogP contribution in [0.2, 0.25) is 0 Å². The van der Waals surface area contributed by atoms with Gasteiger partial charge in [0.2, 0.25) is 11.8 Å². The molecule has 0 bridgehead atoms. The molecule has 0 aromatic carbocycles. The van der Waals surface area contributed by atoms with Crippen LogP contribution in [-0.2, 0) is 4.79 Å². The molecule has 118 valence electrons. The number of carbonyl (C=O) groups excluding carboxylic acids is 1. The monoisotopic (exact) mass is 294 g/mol. The Kier molecular flexibility index (Phi) is 5.33. The molecule has 1 aliphatic carbocycles. The van der Waals surface area contributed by atoms with Gasteiger partial charge in [-0.3, -0.25) is 4.79 Å². The maximum atomic E-state index is 12.0. The van der Waals surface area contributed by atoms with Crippen molar-refractivity contribution in [2.24, 2.45) is 11.7 Å². The van der Waals surface area contributed by atoms with Gasteiger partial charge in [0.25, 0.3) is 0 Å². The van der Waals surface area contributed by atoms with E-state index in [2.05, 4.69) is 15.5 Å². The average molecular weight is 294 g/mol. The van der Waals surface area contributed by atoms with Crippen molar-refractivity contribution in [2.45, 2.75) is 70.9 Å². The van der Waals surface area contributed by atoms with Gasteiger partial charge in [0.15, 0.2) is 5.82 Å². The number of nitrogens with two attached hydrogens (primary N) is 1. The summed E-state index contributed by atoms with van der Waals surface area (Å²) < 4.78 is 5.30. The second-order valence-electron chi connectivity index (χ2n) is 6.33. The lowest BCUT2D eigenvalue weighted by atomic mass is 9.89. The van der Waals surface area contributed by atoms with Crippen LogP contribution >= 0.6 is 0 Å². The van der Waals surface area contributed by atoms with E-state index in [1.165, 1.54) is 19.3 Å². The van der Waals surface area contributed by atoms with E-state index in [0.29, 0.717) is 11.8 Å². The summed E-state index contributed by atoms with van der Waals surface area (Å²) in [5, 5.41) is 6.91. The molecule has 1 saturated carbocycles. The molecular formula is C15H26N4O2. The molecular weight excluding hydrogens is 268 g/mol. The lowest BCUT2D eigenvalue weighted by molar-refractivity contribution is -0.124. The van der Waals surface area contributed by atoms with Crippen LogP contribution in [0.3, 0.4) is 0 Å². The molecule has 0 radical (unpaired) electrons. The summed E-state index contributed by atoms with van der Waals surface area (Å²) in [4.78, 5) is 16.4. The van der Waals surface area contributed by atoms with E-state index < -0.39 is 6.04 Å². The summed E-state index contributed by atoms with van der Waals surface area (Å²) in [6.07, 6.45) is 5.99. The lowest BCUT2D eigenvalue weighted by Crippen LogP contribution is -2.44. The molecule has 0 saturated heterocycles.